The fraction of sp³-hybridized carbons (Fsp3) is 0.381. The number of rotatable bonds is 6. The van der Waals surface area contributed by atoms with Gasteiger partial charge in [0.2, 0.25) is 0 Å². The molecule has 25 heavy (non-hydrogen) atoms. The molecule has 1 amide bonds. The van der Waals surface area contributed by atoms with Crippen LogP contribution in [-0.2, 0) is 24.3 Å². The van der Waals surface area contributed by atoms with Crippen LogP contribution in [0.25, 0.3) is 0 Å². The molecule has 0 aliphatic carbocycles. The molecule has 0 unspecified atom stereocenters. The van der Waals surface area contributed by atoms with Gasteiger partial charge in [-0.3, -0.25) is 4.79 Å². The lowest BCUT2D eigenvalue weighted by atomic mass is 9.99. The molecule has 0 atom stereocenters. The van der Waals surface area contributed by atoms with Crippen molar-refractivity contribution < 1.29 is 14.3 Å². The number of carbonyl (C=O) groups excluding carboxylic acids is 1. The monoisotopic (exact) mass is 339 g/mol. The molecule has 0 N–H and O–H groups in total. The maximum Gasteiger partial charge on any atom is 0.254 e. The Hall–Kier alpha value is -2.33. The van der Waals surface area contributed by atoms with E-state index >= 15 is 0 Å². The van der Waals surface area contributed by atoms with Gasteiger partial charge in [-0.1, -0.05) is 24.3 Å². The molecule has 4 nitrogen and oxygen atoms in total. The lowest BCUT2D eigenvalue weighted by Gasteiger charge is -2.29. The lowest BCUT2D eigenvalue weighted by Crippen LogP contribution is -2.36. The van der Waals surface area contributed by atoms with Gasteiger partial charge in [-0.15, -0.1) is 0 Å². The summed E-state index contributed by atoms with van der Waals surface area (Å²) in [6, 6.07) is 14.0. The Morgan fingerprint density at radius 2 is 1.88 bits per heavy atom. The van der Waals surface area contributed by atoms with Crippen molar-refractivity contribution in [2.45, 2.75) is 33.4 Å². The van der Waals surface area contributed by atoms with Gasteiger partial charge in [-0.25, -0.2) is 0 Å². The molecule has 0 saturated heterocycles. The largest absolute Gasteiger partial charge is 0.494 e. The van der Waals surface area contributed by atoms with E-state index in [1.54, 1.807) is 0 Å². The van der Waals surface area contributed by atoms with Crippen LogP contribution in [0.4, 0.5) is 0 Å². The third-order valence-electron chi connectivity index (χ3n) is 4.49. The number of amides is 1. The molecule has 0 saturated carbocycles. The van der Waals surface area contributed by atoms with Gasteiger partial charge in [0, 0.05) is 30.8 Å². The van der Waals surface area contributed by atoms with Crippen molar-refractivity contribution in [3.8, 4) is 5.75 Å². The molecular formula is C21H25NO3. The van der Waals surface area contributed by atoms with Crippen molar-refractivity contribution in [3.05, 3.63) is 64.7 Å². The average molecular weight is 339 g/mol. The molecular weight excluding hydrogens is 314 g/mol. The van der Waals surface area contributed by atoms with E-state index in [1.165, 1.54) is 11.1 Å². The molecule has 0 bridgehead atoms. The second kappa shape index (κ2) is 8.17. The number of carbonyl (C=O) groups is 1. The van der Waals surface area contributed by atoms with Gasteiger partial charge in [-0.2, -0.15) is 0 Å². The van der Waals surface area contributed by atoms with E-state index in [1.807, 2.05) is 43.0 Å². The molecule has 0 spiro atoms. The summed E-state index contributed by atoms with van der Waals surface area (Å²) in [7, 11) is 0. The Bertz CT molecular complexity index is 742. The Labute approximate surface area is 149 Å². The second-order valence-electron chi connectivity index (χ2n) is 6.14. The van der Waals surface area contributed by atoms with Gasteiger partial charge in [0.1, 0.15) is 5.75 Å². The van der Waals surface area contributed by atoms with E-state index in [4.69, 9.17) is 9.47 Å². The molecule has 132 valence electrons. The van der Waals surface area contributed by atoms with Crippen molar-refractivity contribution in [2.24, 2.45) is 0 Å². The van der Waals surface area contributed by atoms with Gasteiger partial charge in [-0.05, 0) is 49.6 Å². The van der Waals surface area contributed by atoms with Gasteiger partial charge in [0.15, 0.2) is 0 Å². The highest BCUT2D eigenvalue weighted by Crippen LogP contribution is 2.24. The summed E-state index contributed by atoms with van der Waals surface area (Å²) in [6.45, 7) is 7.01. The van der Waals surface area contributed by atoms with Crippen molar-refractivity contribution >= 4 is 5.91 Å². The number of fused-ring (bicyclic) bond motifs is 1. The number of ether oxygens (including phenoxy) is 2. The number of nitrogens with zero attached hydrogens (tertiary/aromatic N) is 1. The zero-order valence-corrected chi connectivity index (χ0v) is 15.0. The number of hydrogen-bond acceptors (Lipinski definition) is 3. The van der Waals surface area contributed by atoms with Crippen molar-refractivity contribution in [1.29, 1.82) is 0 Å². The Morgan fingerprint density at radius 1 is 1.08 bits per heavy atom. The van der Waals surface area contributed by atoms with Gasteiger partial charge >= 0.3 is 0 Å². The van der Waals surface area contributed by atoms with Crippen LogP contribution < -0.4 is 4.74 Å². The van der Waals surface area contributed by atoms with Crippen molar-refractivity contribution in [1.82, 2.24) is 4.90 Å². The summed E-state index contributed by atoms with van der Waals surface area (Å²) < 4.78 is 11.2. The third kappa shape index (κ3) is 4.02. The zero-order chi connectivity index (χ0) is 17.6. The topological polar surface area (TPSA) is 38.8 Å². The first kappa shape index (κ1) is 17.5. The van der Waals surface area contributed by atoms with E-state index < -0.39 is 0 Å². The molecule has 2 aromatic rings. The summed E-state index contributed by atoms with van der Waals surface area (Å²) in [5, 5.41) is 0. The van der Waals surface area contributed by atoms with E-state index in [0.717, 1.165) is 24.3 Å². The minimum Gasteiger partial charge on any atom is -0.494 e. The summed E-state index contributed by atoms with van der Waals surface area (Å²) in [4.78, 5) is 14.9. The molecule has 1 aliphatic rings. The predicted molar refractivity (Wildman–Crippen MR) is 97.8 cm³/mol. The highest BCUT2D eigenvalue weighted by molar-refractivity contribution is 5.94. The minimum absolute atomic E-state index is 0.0651. The lowest BCUT2D eigenvalue weighted by molar-refractivity contribution is 0.0734. The van der Waals surface area contributed by atoms with Crippen molar-refractivity contribution in [3.63, 3.8) is 0 Å². The Balaban J connectivity index is 1.80. The van der Waals surface area contributed by atoms with Gasteiger partial charge < -0.3 is 14.4 Å². The van der Waals surface area contributed by atoms with Crippen LogP contribution in [0, 0.1) is 0 Å². The molecule has 0 fully saturated rings. The second-order valence-corrected chi connectivity index (χ2v) is 6.14. The van der Waals surface area contributed by atoms with E-state index in [9.17, 15) is 4.79 Å². The van der Waals surface area contributed by atoms with Crippen LogP contribution >= 0.6 is 0 Å². The zero-order valence-electron chi connectivity index (χ0n) is 15.0. The van der Waals surface area contributed by atoms with E-state index in [0.29, 0.717) is 31.9 Å². The maximum absolute atomic E-state index is 12.9. The summed E-state index contributed by atoms with van der Waals surface area (Å²) in [5.74, 6) is 0.854. The van der Waals surface area contributed by atoms with Crippen LogP contribution in [0.1, 0.15) is 40.9 Å². The Morgan fingerprint density at radius 3 is 2.64 bits per heavy atom. The number of benzene rings is 2. The van der Waals surface area contributed by atoms with E-state index in [-0.39, 0.29) is 5.91 Å². The van der Waals surface area contributed by atoms with Crippen molar-refractivity contribution in [2.75, 3.05) is 19.8 Å². The standard InChI is InChI=1S/C21H25NO3/c1-3-24-15-19-13-17(9-10-20(19)25-4-2)21(23)22-12-11-16-7-5-6-8-18(16)14-22/h5-10,13H,3-4,11-12,14-15H2,1-2H3. The highest BCUT2D eigenvalue weighted by Gasteiger charge is 2.22. The first-order valence-corrected chi connectivity index (χ1v) is 8.92. The molecule has 4 heteroatoms. The highest BCUT2D eigenvalue weighted by atomic mass is 16.5. The molecule has 0 radical (unpaired) electrons. The van der Waals surface area contributed by atoms with Crippen LogP contribution in [0.5, 0.6) is 5.75 Å². The molecule has 1 heterocycles. The fourth-order valence-corrected chi connectivity index (χ4v) is 3.19. The van der Waals surface area contributed by atoms with Crippen LogP contribution in [0.3, 0.4) is 0 Å². The third-order valence-corrected chi connectivity index (χ3v) is 4.49. The first-order chi connectivity index (χ1) is 12.2. The van der Waals surface area contributed by atoms with Crippen LogP contribution in [0.2, 0.25) is 0 Å². The molecule has 2 aromatic carbocycles. The number of hydrogen-bond donors (Lipinski definition) is 0. The van der Waals surface area contributed by atoms with Crippen LogP contribution in [0.15, 0.2) is 42.5 Å². The SMILES string of the molecule is CCOCc1cc(C(=O)N2CCc3ccccc3C2)ccc1OCC. The summed E-state index contributed by atoms with van der Waals surface area (Å²) in [6.07, 6.45) is 0.907. The molecule has 1 aliphatic heterocycles. The Kier molecular flexibility index (Phi) is 5.71. The minimum atomic E-state index is 0.0651. The molecule has 3 rings (SSSR count). The first-order valence-electron chi connectivity index (χ1n) is 8.92. The average Bonchev–Trinajstić information content (AvgIpc) is 2.66. The summed E-state index contributed by atoms with van der Waals surface area (Å²) >= 11 is 0. The summed E-state index contributed by atoms with van der Waals surface area (Å²) in [5.41, 5.74) is 4.20. The van der Waals surface area contributed by atoms with E-state index in [2.05, 4.69) is 18.2 Å². The fourth-order valence-electron chi connectivity index (χ4n) is 3.19. The quantitative estimate of drug-likeness (QED) is 0.803. The van der Waals surface area contributed by atoms with Gasteiger partial charge in [0.05, 0.1) is 13.2 Å². The van der Waals surface area contributed by atoms with Gasteiger partial charge in [0.25, 0.3) is 5.91 Å². The van der Waals surface area contributed by atoms with Crippen LogP contribution in [-0.4, -0.2) is 30.6 Å². The molecule has 0 aromatic heterocycles. The predicted octanol–water partition coefficient (Wildman–Crippen LogP) is 3.82. The normalized spacial score (nSPS) is 13.4. The smallest absolute Gasteiger partial charge is 0.254 e. The maximum atomic E-state index is 12.9.